The first-order chi connectivity index (χ1) is 7.16. The average Bonchev–Trinajstić information content (AvgIpc) is 2.17. The zero-order valence-electron chi connectivity index (χ0n) is 9.65. The number of methoxy groups -OCH3 is 1. The van der Waals surface area contributed by atoms with Crippen LogP contribution in [0.25, 0.3) is 0 Å². The monoisotopic (exact) mass is 220 g/mol. The number of rotatable bonds is 9. The first kappa shape index (κ1) is 14.3. The standard InChI is InChI=1S/C10H20O5/c1-9(4-5-14-10(2)11)15-8-13-7-6-12-3/h9H,4-8H2,1-3H3. The van der Waals surface area contributed by atoms with Gasteiger partial charge in [0.2, 0.25) is 0 Å². The number of hydrogen-bond acceptors (Lipinski definition) is 5. The fourth-order valence-corrected chi connectivity index (χ4v) is 0.817. The van der Waals surface area contributed by atoms with Crippen molar-refractivity contribution >= 4 is 5.97 Å². The Morgan fingerprint density at radius 3 is 2.60 bits per heavy atom. The van der Waals surface area contributed by atoms with Crippen molar-refractivity contribution in [2.75, 3.05) is 33.7 Å². The van der Waals surface area contributed by atoms with Crippen LogP contribution in [0.5, 0.6) is 0 Å². The van der Waals surface area contributed by atoms with Gasteiger partial charge in [-0.15, -0.1) is 0 Å². The predicted molar refractivity (Wildman–Crippen MR) is 54.5 cm³/mol. The topological polar surface area (TPSA) is 54.0 Å². The van der Waals surface area contributed by atoms with Crippen molar-refractivity contribution in [2.45, 2.75) is 26.4 Å². The molecule has 0 radical (unpaired) electrons. The molecule has 1 unspecified atom stereocenters. The van der Waals surface area contributed by atoms with Crippen molar-refractivity contribution in [3.63, 3.8) is 0 Å². The van der Waals surface area contributed by atoms with Gasteiger partial charge in [-0.1, -0.05) is 0 Å². The molecule has 0 N–H and O–H groups in total. The summed E-state index contributed by atoms with van der Waals surface area (Å²) in [4.78, 5) is 10.5. The van der Waals surface area contributed by atoms with Crippen LogP contribution in [0.4, 0.5) is 0 Å². The van der Waals surface area contributed by atoms with Crippen LogP contribution in [0, 0.1) is 0 Å². The first-order valence-corrected chi connectivity index (χ1v) is 4.98. The summed E-state index contributed by atoms with van der Waals surface area (Å²) in [7, 11) is 1.62. The molecule has 0 bridgehead atoms. The minimum absolute atomic E-state index is 0.0203. The fraction of sp³-hybridized carbons (Fsp3) is 0.900. The Hall–Kier alpha value is -0.650. The second kappa shape index (κ2) is 9.89. The lowest BCUT2D eigenvalue weighted by molar-refractivity contribution is -0.142. The molecule has 0 aromatic carbocycles. The van der Waals surface area contributed by atoms with Crippen LogP contribution < -0.4 is 0 Å². The van der Waals surface area contributed by atoms with Gasteiger partial charge in [-0.05, 0) is 6.92 Å². The van der Waals surface area contributed by atoms with Crippen molar-refractivity contribution in [1.29, 1.82) is 0 Å². The highest BCUT2D eigenvalue weighted by molar-refractivity contribution is 5.65. The smallest absolute Gasteiger partial charge is 0.302 e. The molecule has 0 rings (SSSR count). The van der Waals surface area contributed by atoms with E-state index in [1.54, 1.807) is 7.11 Å². The van der Waals surface area contributed by atoms with E-state index in [0.717, 1.165) is 0 Å². The molecule has 5 nitrogen and oxygen atoms in total. The van der Waals surface area contributed by atoms with Crippen molar-refractivity contribution < 1.29 is 23.7 Å². The van der Waals surface area contributed by atoms with Gasteiger partial charge in [0.05, 0.1) is 25.9 Å². The number of ether oxygens (including phenoxy) is 4. The molecule has 0 fully saturated rings. The third-order valence-electron chi connectivity index (χ3n) is 1.70. The van der Waals surface area contributed by atoms with Gasteiger partial charge in [0, 0.05) is 20.5 Å². The summed E-state index contributed by atoms with van der Waals surface area (Å²) in [6.07, 6.45) is 0.694. The molecule has 0 aromatic heterocycles. The molecule has 0 aliphatic heterocycles. The number of esters is 1. The zero-order valence-corrected chi connectivity index (χ0v) is 9.65. The Morgan fingerprint density at radius 1 is 1.27 bits per heavy atom. The van der Waals surface area contributed by atoms with Crippen LogP contribution in [-0.2, 0) is 23.7 Å². The molecular weight excluding hydrogens is 200 g/mol. The molecule has 0 aliphatic rings. The van der Waals surface area contributed by atoms with Gasteiger partial charge in [0.25, 0.3) is 0 Å². The lowest BCUT2D eigenvalue weighted by Gasteiger charge is -2.12. The van der Waals surface area contributed by atoms with Gasteiger partial charge in [0.1, 0.15) is 6.79 Å². The van der Waals surface area contributed by atoms with Crippen LogP contribution >= 0.6 is 0 Å². The van der Waals surface area contributed by atoms with Crippen LogP contribution in [-0.4, -0.2) is 45.8 Å². The lowest BCUT2D eigenvalue weighted by Crippen LogP contribution is -2.16. The summed E-state index contributed by atoms with van der Waals surface area (Å²) < 4.78 is 20.0. The highest BCUT2D eigenvalue weighted by atomic mass is 16.7. The van der Waals surface area contributed by atoms with E-state index >= 15 is 0 Å². The summed E-state index contributed by atoms with van der Waals surface area (Å²) in [5, 5.41) is 0. The molecular formula is C10H20O5. The van der Waals surface area contributed by atoms with E-state index < -0.39 is 0 Å². The fourth-order valence-electron chi connectivity index (χ4n) is 0.817. The van der Waals surface area contributed by atoms with E-state index in [0.29, 0.717) is 26.2 Å². The summed E-state index contributed by atoms with van der Waals surface area (Å²) in [5.41, 5.74) is 0. The molecule has 0 aliphatic carbocycles. The van der Waals surface area contributed by atoms with E-state index in [9.17, 15) is 4.79 Å². The maximum absolute atomic E-state index is 10.5. The van der Waals surface area contributed by atoms with Crippen molar-refractivity contribution in [1.82, 2.24) is 0 Å². The van der Waals surface area contributed by atoms with Crippen molar-refractivity contribution in [3.8, 4) is 0 Å². The Morgan fingerprint density at radius 2 is 2.00 bits per heavy atom. The number of carbonyl (C=O) groups is 1. The maximum Gasteiger partial charge on any atom is 0.302 e. The molecule has 1 atom stereocenters. The van der Waals surface area contributed by atoms with Crippen LogP contribution in [0.1, 0.15) is 20.3 Å². The normalized spacial score (nSPS) is 12.5. The van der Waals surface area contributed by atoms with Crippen LogP contribution in [0.2, 0.25) is 0 Å². The van der Waals surface area contributed by atoms with Crippen molar-refractivity contribution in [2.24, 2.45) is 0 Å². The third-order valence-corrected chi connectivity index (χ3v) is 1.70. The number of hydrogen-bond donors (Lipinski definition) is 0. The first-order valence-electron chi connectivity index (χ1n) is 4.98. The van der Waals surface area contributed by atoms with E-state index in [1.165, 1.54) is 6.92 Å². The molecule has 0 saturated carbocycles. The molecule has 0 spiro atoms. The predicted octanol–water partition coefficient (Wildman–Crippen LogP) is 0.965. The third kappa shape index (κ3) is 11.3. The van der Waals surface area contributed by atoms with Gasteiger partial charge in [0.15, 0.2) is 0 Å². The lowest BCUT2D eigenvalue weighted by atomic mass is 10.3. The summed E-state index contributed by atoms with van der Waals surface area (Å²) in [5.74, 6) is -0.265. The molecule has 15 heavy (non-hydrogen) atoms. The van der Waals surface area contributed by atoms with Gasteiger partial charge in [-0.3, -0.25) is 4.79 Å². The zero-order chi connectivity index (χ0) is 11.5. The maximum atomic E-state index is 10.5. The molecule has 90 valence electrons. The second-order valence-corrected chi connectivity index (χ2v) is 3.12. The van der Waals surface area contributed by atoms with Gasteiger partial charge < -0.3 is 18.9 Å². The summed E-state index contributed by atoms with van der Waals surface area (Å²) in [6.45, 7) is 5.00. The minimum Gasteiger partial charge on any atom is -0.466 e. The largest absolute Gasteiger partial charge is 0.466 e. The molecule has 0 aromatic rings. The average molecular weight is 220 g/mol. The van der Waals surface area contributed by atoms with E-state index in [1.807, 2.05) is 6.92 Å². The highest BCUT2D eigenvalue weighted by Crippen LogP contribution is 1.98. The molecule has 0 saturated heterocycles. The summed E-state index contributed by atoms with van der Waals surface area (Å²) >= 11 is 0. The Balaban J connectivity index is 3.18. The molecule has 0 amide bonds. The van der Waals surface area contributed by atoms with Crippen LogP contribution in [0.3, 0.4) is 0 Å². The minimum atomic E-state index is -0.265. The van der Waals surface area contributed by atoms with Gasteiger partial charge in [-0.2, -0.15) is 0 Å². The quantitative estimate of drug-likeness (QED) is 0.329. The van der Waals surface area contributed by atoms with E-state index in [2.05, 4.69) is 0 Å². The Labute approximate surface area is 90.6 Å². The summed E-state index contributed by atoms with van der Waals surface area (Å²) in [6, 6.07) is 0. The highest BCUT2D eigenvalue weighted by Gasteiger charge is 2.03. The molecule has 0 heterocycles. The van der Waals surface area contributed by atoms with Crippen LogP contribution in [0.15, 0.2) is 0 Å². The van der Waals surface area contributed by atoms with Crippen molar-refractivity contribution in [3.05, 3.63) is 0 Å². The number of carbonyl (C=O) groups excluding carboxylic acids is 1. The van der Waals surface area contributed by atoms with E-state index in [-0.39, 0.29) is 18.9 Å². The second-order valence-electron chi connectivity index (χ2n) is 3.12. The van der Waals surface area contributed by atoms with Gasteiger partial charge >= 0.3 is 5.97 Å². The SMILES string of the molecule is COCCOCOC(C)CCOC(C)=O. The Bertz CT molecular complexity index is 160. The van der Waals surface area contributed by atoms with E-state index in [4.69, 9.17) is 18.9 Å². The Kier molecular flexibility index (Phi) is 9.46. The molecule has 5 heteroatoms. The van der Waals surface area contributed by atoms with Gasteiger partial charge in [-0.25, -0.2) is 0 Å².